The van der Waals surface area contributed by atoms with Crippen molar-refractivity contribution in [2.24, 2.45) is 0 Å². The second-order valence-corrected chi connectivity index (χ2v) is 7.58. The molecule has 1 aliphatic heterocycles. The second-order valence-electron chi connectivity index (χ2n) is 6.52. The lowest BCUT2D eigenvalue weighted by atomic mass is 9.96. The minimum atomic E-state index is 0.0293. The van der Waals surface area contributed by atoms with Gasteiger partial charge in [0.2, 0.25) is 5.89 Å². The highest BCUT2D eigenvalue weighted by atomic mass is 32.2. The molecule has 1 aliphatic rings. The van der Waals surface area contributed by atoms with E-state index in [1.807, 2.05) is 54.3 Å². The smallest absolute Gasteiger partial charge is 0.256 e. The number of carbonyl (C=O) groups excluding carboxylic acids is 1. The summed E-state index contributed by atoms with van der Waals surface area (Å²) >= 11 is 1.51. The molecule has 4 rings (SSSR count). The molecule has 138 valence electrons. The molecule has 7 heteroatoms. The fourth-order valence-corrected chi connectivity index (χ4v) is 4.11. The van der Waals surface area contributed by atoms with Gasteiger partial charge >= 0.3 is 0 Å². The molecule has 0 saturated carbocycles. The number of rotatable bonds is 4. The normalized spacial score (nSPS) is 15.1. The number of carbonyl (C=O) groups is 1. The Morgan fingerprint density at radius 2 is 1.93 bits per heavy atom. The average Bonchev–Trinajstić information content (AvgIpc) is 3.15. The van der Waals surface area contributed by atoms with Crippen LogP contribution in [-0.4, -0.2) is 39.0 Å². The maximum absolute atomic E-state index is 13.1. The summed E-state index contributed by atoms with van der Waals surface area (Å²) in [5.41, 5.74) is 0.651. The Morgan fingerprint density at radius 3 is 2.63 bits per heavy atom. The molecule has 6 nitrogen and oxygen atoms in total. The third-order valence-electron chi connectivity index (χ3n) is 4.63. The fourth-order valence-electron chi connectivity index (χ4n) is 3.21. The van der Waals surface area contributed by atoms with Crippen molar-refractivity contribution in [3.05, 3.63) is 65.9 Å². The maximum atomic E-state index is 13.1. The van der Waals surface area contributed by atoms with Gasteiger partial charge in [0, 0.05) is 30.1 Å². The van der Waals surface area contributed by atoms with Gasteiger partial charge in [-0.15, -0.1) is 0 Å². The molecule has 0 bridgehead atoms. The van der Waals surface area contributed by atoms with Gasteiger partial charge in [0.1, 0.15) is 5.03 Å². The first-order valence-corrected chi connectivity index (χ1v) is 9.80. The molecule has 0 N–H and O–H groups in total. The Morgan fingerprint density at radius 1 is 1.15 bits per heavy atom. The lowest BCUT2D eigenvalue weighted by Crippen LogP contribution is -2.38. The van der Waals surface area contributed by atoms with Crippen molar-refractivity contribution in [2.75, 3.05) is 13.1 Å². The van der Waals surface area contributed by atoms with Crippen molar-refractivity contribution >= 4 is 17.7 Å². The van der Waals surface area contributed by atoms with Gasteiger partial charge in [-0.25, -0.2) is 4.98 Å². The number of likely N-dealkylation sites (tertiary alicyclic amines) is 1. The molecule has 2 aromatic heterocycles. The van der Waals surface area contributed by atoms with Crippen molar-refractivity contribution in [3.63, 3.8) is 0 Å². The number of amides is 1. The third-order valence-corrected chi connectivity index (χ3v) is 5.66. The van der Waals surface area contributed by atoms with Crippen molar-refractivity contribution < 1.29 is 9.32 Å². The maximum Gasteiger partial charge on any atom is 0.256 e. The lowest BCUT2D eigenvalue weighted by Gasteiger charge is -2.30. The van der Waals surface area contributed by atoms with Gasteiger partial charge in [-0.3, -0.25) is 4.79 Å². The second kappa shape index (κ2) is 7.92. The number of nitrogens with zero attached hydrogens (tertiary/aromatic N) is 4. The molecule has 0 radical (unpaired) electrons. The molecule has 1 fully saturated rings. The monoisotopic (exact) mass is 380 g/mol. The molecular weight excluding hydrogens is 360 g/mol. The molecule has 3 aromatic rings. The van der Waals surface area contributed by atoms with Crippen LogP contribution in [0.15, 0.2) is 63.1 Å². The van der Waals surface area contributed by atoms with Gasteiger partial charge in [-0.05, 0) is 44.0 Å². The van der Waals surface area contributed by atoms with Gasteiger partial charge < -0.3 is 9.42 Å². The van der Waals surface area contributed by atoms with E-state index in [1.165, 1.54) is 11.8 Å². The minimum absolute atomic E-state index is 0.0293. The van der Waals surface area contributed by atoms with Crippen LogP contribution in [0.4, 0.5) is 0 Å². The Balaban J connectivity index is 1.46. The van der Waals surface area contributed by atoms with Gasteiger partial charge in [0.25, 0.3) is 5.91 Å². The quantitative estimate of drug-likeness (QED) is 0.683. The number of aryl methyl sites for hydroxylation is 1. The van der Waals surface area contributed by atoms with E-state index in [2.05, 4.69) is 15.1 Å². The molecule has 1 amide bonds. The topological polar surface area (TPSA) is 72.1 Å². The largest absolute Gasteiger partial charge is 0.339 e. The summed E-state index contributed by atoms with van der Waals surface area (Å²) in [7, 11) is 0. The van der Waals surface area contributed by atoms with E-state index in [-0.39, 0.29) is 11.8 Å². The van der Waals surface area contributed by atoms with E-state index < -0.39 is 0 Å². The Bertz CT molecular complexity index is 920. The van der Waals surface area contributed by atoms with E-state index >= 15 is 0 Å². The fraction of sp³-hybridized carbons (Fsp3) is 0.300. The zero-order valence-corrected chi connectivity index (χ0v) is 15.9. The van der Waals surface area contributed by atoms with Crippen LogP contribution in [0, 0.1) is 6.92 Å². The molecule has 0 spiro atoms. The minimum Gasteiger partial charge on any atom is -0.339 e. The van der Waals surface area contributed by atoms with Crippen molar-refractivity contribution in [2.45, 2.75) is 35.6 Å². The molecule has 0 atom stereocenters. The SMILES string of the molecule is Cc1noc(C2CCN(C(=O)c3cccnc3Sc3ccccc3)CC2)n1. The summed E-state index contributed by atoms with van der Waals surface area (Å²) in [6, 6.07) is 13.7. The Hall–Kier alpha value is -2.67. The molecule has 1 saturated heterocycles. The van der Waals surface area contributed by atoms with Gasteiger partial charge in [-0.2, -0.15) is 4.98 Å². The van der Waals surface area contributed by atoms with Gasteiger partial charge in [-0.1, -0.05) is 35.1 Å². The first-order valence-electron chi connectivity index (χ1n) is 8.98. The zero-order chi connectivity index (χ0) is 18.6. The highest BCUT2D eigenvalue weighted by molar-refractivity contribution is 7.99. The summed E-state index contributed by atoms with van der Waals surface area (Å²) in [6.45, 7) is 3.17. The molecule has 1 aromatic carbocycles. The summed E-state index contributed by atoms with van der Waals surface area (Å²) in [4.78, 5) is 24.8. The van der Waals surface area contributed by atoms with E-state index in [4.69, 9.17) is 4.52 Å². The van der Waals surface area contributed by atoms with E-state index in [9.17, 15) is 4.79 Å². The van der Waals surface area contributed by atoms with Crippen molar-refractivity contribution in [1.82, 2.24) is 20.0 Å². The van der Waals surface area contributed by atoms with Crippen LogP contribution in [0.1, 0.15) is 40.8 Å². The van der Waals surface area contributed by atoms with Crippen molar-refractivity contribution in [3.8, 4) is 0 Å². The first-order chi connectivity index (χ1) is 13.2. The number of aromatic nitrogens is 3. The third kappa shape index (κ3) is 4.03. The van der Waals surface area contributed by atoms with E-state index in [0.717, 1.165) is 22.8 Å². The summed E-state index contributed by atoms with van der Waals surface area (Å²) < 4.78 is 5.29. The van der Waals surface area contributed by atoms with Crippen molar-refractivity contribution in [1.29, 1.82) is 0 Å². The molecular formula is C20H20N4O2S. The average molecular weight is 380 g/mol. The van der Waals surface area contributed by atoms with Crippen LogP contribution < -0.4 is 0 Å². The molecule has 0 unspecified atom stereocenters. The highest BCUT2D eigenvalue weighted by Gasteiger charge is 2.28. The van der Waals surface area contributed by atoms with E-state index in [1.54, 1.807) is 6.20 Å². The van der Waals surface area contributed by atoms with Gasteiger partial charge in [0.05, 0.1) is 5.56 Å². The first kappa shape index (κ1) is 17.7. The summed E-state index contributed by atoms with van der Waals surface area (Å²) in [5.74, 6) is 1.59. The molecule has 27 heavy (non-hydrogen) atoms. The molecule has 0 aliphatic carbocycles. The Labute approximate surface area is 162 Å². The predicted molar refractivity (Wildman–Crippen MR) is 102 cm³/mol. The van der Waals surface area contributed by atoms with Crippen LogP contribution in [0.3, 0.4) is 0 Å². The number of benzene rings is 1. The van der Waals surface area contributed by atoms with Crippen LogP contribution >= 0.6 is 11.8 Å². The highest BCUT2D eigenvalue weighted by Crippen LogP contribution is 2.31. The predicted octanol–water partition coefficient (Wildman–Crippen LogP) is 3.94. The van der Waals surface area contributed by atoms with Crippen LogP contribution in [0.5, 0.6) is 0 Å². The van der Waals surface area contributed by atoms with Crippen LogP contribution in [0.2, 0.25) is 0 Å². The standard InChI is InChI=1S/C20H20N4O2S/c1-14-22-18(26-23-14)15-9-12-24(13-10-15)20(25)17-8-5-11-21-19(17)27-16-6-3-2-4-7-16/h2-8,11,15H,9-10,12-13H2,1H3. The number of pyridine rings is 1. The summed E-state index contributed by atoms with van der Waals surface area (Å²) in [5, 5.41) is 4.61. The number of hydrogen-bond donors (Lipinski definition) is 0. The van der Waals surface area contributed by atoms with E-state index in [0.29, 0.717) is 30.4 Å². The number of piperidine rings is 1. The molecule has 3 heterocycles. The lowest BCUT2D eigenvalue weighted by molar-refractivity contribution is 0.0700. The number of hydrogen-bond acceptors (Lipinski definition) is 6. The zero-order valence-electron chi connectivity index (χ0n) is 15.0. The van der Waals surface area contributed by atoms with Crippen LogP contribution in [0.25, 0.3) is 0 Å². The van der Waals surface area contributed by atoms with Crippen LogP contribution in [-0.2, 0) is 0 Å². The summed E-state index contributed by atoms with van der Waals surface area (Å²) in [6.07, 6.45) is 3.38. The van der Waals surface area contributed by atoms with Gasteiger partial charge in [0.15, 0.2) is 5.82 Å². The Kier molecular flexibility index (Phi) is 5.20.